The number of aryl methyl sites for hydroxylation is 1. The van der Waals surface area contributed by atoms with Crippen LogP contribution < -0.4 is 5.73 Å². The van der Waals surface area contributed by atoms with Crippen LogP contribution in [0, 0.1) is 6.92 Å². The summed E-state index contributed by atoms with van der Waals surface area (Å²) in [4.78, 5) is 0.251. The second-order valence-corrected chi connectivity index (χ2v) is 6.37. The average molecular weight is 298 g/mol. The lowest BCUT2D eigenvalue weighted by Crippen LogP contribution is -2.34. The van der Waals surface area contributed by atoms with E-state index in [0.29, 0.717) is 13.2 Å². The zero-order valence-corrected chi connectivity index (χ0v) is 12.8. The van der Waals surface area contributed by atoms with Gasteiger partial charge in [0.25, 0.3) is 0 Å². The van der Waals surface area contributed by atoms with Gasteiger partial charge in [-0.25, -0.2) is 8.42 Å². The van der Waals surface area contributed by atoms with Crippen LogP contribution in [0.1, 0.15) is 11.1 Å². The maximum absolute atomic E-state index is 12.6. The van der Waals surface area contributed by atoms with Gasteiger partial charge in [0.2, 0.25) is 10.0 Å². The molecule has 0 atom stereocenters. The van der Waals surface area contributed by atoms with Crippen LogP contribution in [0.2, 0.25) is 0 Å². The van der Waals surface area contributed by atoms with Crippen molar-refractivity contribution < 1.29 is 13.2 Å². The molecule has 112 valence electrons. The van der Waals surface area contributed by atoms with Crippen LogP contribution in [0.3, 0.4) is 0 Å². The molecule has 1 aromatic rings. The molecule has 0 saturated heterocycles. The monoisotopic (exact) mass is 298 g/mol. The standard InChI is InChI=1S/C14H22N2O3S/c1-4-7-16(8-9-19-3)20(17,18)14-6-5-12(2)13(10-14)11-15/h4-6,10H,1,7-9,11,15H2,2-3H3. The zero-order chi connectivity index (χ0) is 15.2. The van der Waals surface area contributed by atoms with Gasteiger partial charge in [-0.3, -0.25) is 0 Å². The lowest BCUT2D eigenvalue weighted by Gasteiger charge is -2.21. The van der Waals surface area contributed by atoms with E-state index in [1.165, 1.54) is 11.4 Å². The summed E-state index contributed by atoms with van der Waals surface area (Å²) in [5.41, 5.74) is 7.45. The number of rotatable bonds is 8. The van der Waals surface area contributed by atoms with E-state index in [-0.39, 0.29) is 18.0 Å². The van der Waals surface area contributed by atoms with Gasteiger partial charge in [-0.1, -0.05) is 12.1 Å². The fourth-order valence-electron chi connectivity index (χ4n) is 1.82. The molecule has 0 unspecified atom stereocenters. The molecule has 0 radical (unpaired) electrons. The van der Waals surface area contributed by atoms with E-state index < -0.39 is 10.0 Å². The number of hydrogen-bond donors (Lipinski definition) is 1. The minimum Gasteiger partial charge on any atom is -0.383 e. The van der Waals surface area contributed by atoms with Gasteiger partial charge in [0, 0.05) is 26.7 Å². The summed E-state index contributed by atoms with van der Waals surface area (Å²) in [7, 11) is -2.02. The van der Waals surface area contributed by atoms with Crippen molar-refractivity contribution in [1.82, 2.24) is 4.31 Å². The molecule has 0 saturated carbocycles. The fourth-order valence-corrected chi connectivity index (χ4v) is 3.27. The zero-order valence-electron chi connectivity index (χ0n) is 12.0. The Morgan fingerprint density at radius 1 is 1.45 bits per heavy atom. The number of hydrogen-bond acceptors (Lipinski definition) is 4. The molecule has 0 bridgehead atoms. The van der Waals surface area contributed by atoms with Gasteiger partial charge in [0.05, 0.1) is 11.5 Å². The molecule has 0 spiro atoms. The SMILES string of the molecule is C=CCN(CCOC)S(=O)(=O)c1ccc(C)c(CN)c1. The van der Waals surface area contributed by atoms with Crippen molar-refractivity contribution in [2.24, 2.45) is 5.73 Å². The van der Waals surface area contributed by atoms with E-state index in [1.54, 1.807) is 24.3 Å². The first-order valence-corrected chi connectivity index (χ1v) is 7.81. The Labute approximate surface area is 121 Å². The van der Waals surface area contributed by atoms with Crippen LogP contribution in [0.4, 0.5) is 0 Å². The third kappa shape index (κ3) is 3.89. The minimum atomic E-state index is -3.56. The summed E-state index contributed by atoms with van der Waals surface area (Å²) >= 11 is 0. The Morgan fingerprint density at radius 3 is 2.70 bits per heavy atom. The highest BCUT2D eigenvalue weighted by Gasteiger charge is 2.23. The molecular formula is C14H22N2O3S. The average Bonchev–Trinajstić information content (AvgIpc) is 2.43. The lowest BCUT2D eigenvalue weighted by molar-refractivity contribution is 0.182. The Balaban J connectivity index is 3.14. The normalized spacial score (nSPS) is 11.8. The minimum absolute atomic E-state index is 0.248. The van der Waals surface area contributed by atoms with Crippen LogP contribution >= 0.6 is 0 Å². The van der Waals surface area contributed by atoms with Crippen molar-refractivity contribution in [2.45, 2.75) is 18.4 Å². The predicted octanol–water partition coefficient (Wildman–Crippen LogP) is 1.28. The van der Waals surface area contributed by atoms with E-state index in [4.69, 9.17) is 10.5 Å². The molecule has 5 nitrogen and oxygen atoms in total. The van der Waals surface area contributed by atoms with Gasteiger partial charge in [-0.15, -0.1) is 6.58 Å². The Morgan fingerprint density at radius 2 is 2.15 bits per heavy atom. The maximum Gasteiger partial charge on any atom is 0.243 e. The van der Waals surface area contributed by atoms with Crippen LogP contribution in [0.5, 0.6) is 0 Å². The summed E-state index contributed by atoms with van der Waals surface area (Å²) in [5, 5.41) is 0. The predicted molar refractivity (Wildman–Crippen MR) is 79.9 cm³/mol. The summed E-state index contributed by atoms with van der Waals surface area (Å²) in [6, 6.07) is 5.01. The third-order valence-corrected chi connectivity index (χ3v) is 4.92. The topological polar surface area (TPSA) is 72.6 Å². The smallest absolute Gasteiger partial charge is 0.243 e. The Kier molecular flexibility index (Phi) is 6.35. The number of methoxy groups -OCH3 is 1. The second-order valence-electron chi connectivity index (χ2n) is 4.44. The van der Waals surface area contributed by atoms with E-state index in [9.17, 15) is 8.42 Å². The number of benzene rings is 1. The summed E-state index contributed by atoms with van der Waals surface area (Å²) in [5.74, 6) is 0. The quantitative estimate of drug-likeness (QED) is 0.734. The van der Waals surface area contributed by atoms with Gasteiger partial charge in [0.1, 0.15) is 0 Å². The molecular weight excluding hydrogens is 276 g/mol. The number of nitrogens with two attached hydrogens (primary N) is 1. The van der Waals surface area contributed by atoms with Crippen molar-refractivity contribution in [3.05, 3.63) is 42.0 Å². The van der Waals surface area contributed by atoms with Gasteiger partial charge < -0.3 is 10.5 Å². The highest BCUT2D eigenvalue weighted by Crippen LogP contribution is 2.19. The molecule has 0 aliphatic rings. The summed E-state index contributed by atoms with van der Waals surface area (Å²) in [6.45, 7) is 6.69. The maximum atomic E-state index is 12.6. The molecule has 0 aromatic heterocycles. The largest absolute Gasteiger partial charge is 0.383 e. The summed E-state index contributed by atoms with van der Waals surface area (Å²) < 4.78 is 31.5. The molecule has 0 heterocycles. The molecule has 1 aromatic carbocycles. The van der Waals surface area contributed by atoms with E-state index >= 15 is 0 Å². The summed E-state index contributed by atoms with van der Waals surface area (Å²) in [6.07, 6.45) is 1.56. The Hall–Kier alpha value is -1.21. The van der Waals surface area contributed by atoms with Crippen molar-refractivity contribution in [3.63, 3.8) is 0 Å². The van der Waals surface area contributed by atoms with E-state index in [1.807, 2.05) is 6.92 Å². The highest BCUT2D eigenvalue weighted by molar-refractivity contribution is 7.89. The first kappa shape index (κ1) is 16.8. The number of ether oxygens (including phenoxy) is 1. The molecule has 0 amide bonds. The van der Waals surface area contributed by atoms with Crippen LogP contribution in [-0.2, 0) is 21.3 Å². The van der Waals surface area contributed by atoms with Crippen LogP contribution in [0.25, 0.3) is 0 Å². The van der Waals surface area contributed by atoms with E-state index in [0.717, 1.165) is 11.1 Å². The fraction of sp³-hybridized carbons (Fsp3) is 0.429. The second kappa shape index (κ2) is 7.54. The van der Waals surface area contributed by atoms with Crippen molar-refractivity contribution in [2.75, 3.05) is 26.8 Å². The van der Waals surface area contributed by atoms with Crippen LogP contribution in [-0.4, -0.2) is 39.5 Å². The van der Waals surface area contributed by atoms with Gasteiger partial charge in [0.15, 0.2) is 0 Å². The van der Waals surface area contributed by atoms with E-state index in [2.05, 4.69) is 6.58 Å². The number of nitrogens with zero attached hydrogens (tertiary/aromatic N) is 1. The highest BCUT2D eigenvalue weighted by atomic mass is 32.2. The molecule has 2 N–H and O–H groups in total. The molecule has 0 aliphatic heterocycles. The molecule has 0 fully saturated rings. The molecule has 0 aliphatic carbocycles. The van der Waals surface area contributed by atoms with Crippen molar-refractivity contribution in [3.8, 4) is 0 Å². The van der Waals surface area contributed by atoms with Gasteiger partial charge in [-0.2, -0.15) is 4.31 Å². The Bertz CT molecular complexity index is 556. The molecule has 1 rings (SSSR count). The first-order chi connectivity index (χ1) is 9.47. The molecule has 20 heavy (non-hydrogen) atoms. The number of sulfonamides is 1. The van der Waals surface area contributed by atoms with Gasteiger partial charge in [-0.05, 0) is 30.2 Å². The first-order valence-electron chi connectivity index (χ1n) is 6.37. The van der Waals surface area contributed by atoms with Crippen molar-refractivity contribution in [1.29, 1.82) is 0 Å². The van der Waals surface area contributed by atoms with Crippen molar-refractivity contribution >= 4 is 10.0 Å². The van der Waals surface area contributed by atoms with Gasteiger partial charge >= 0.3 is 0 Å². The lowest BCUT2D eigenvalue weighted by atomic mass is 10.1. The molecule has 6 heteroatoms. The third-order valence-electron chi connectivity index (χ3n) is 3.06. The van der Waals surface area contributed by atoms with Crippen LogP contribution in [0.15, 0.2) is 35.7 Å².